The lowest BCUT2D eigenvalue weighted by Gasteiger charge is -2.60. The molecule has 0 radical (unpaired) electrons. The molecule has 1 aromatic carbocycles. The van der Waals surface area contributed by atoms with Crippen LogP contribution in [0.15, 0.2) is 12.1 Å². The van der Waals surface area contributed by atoms with Crippen molar-refractivity contribution >= 4 is 5.78 Å². The summed E-state index contributed by atoms with van der Waals surface area (Å²) in [6.07, 6.45) is 3.24. The average Bonchev–Trinajstić information content (AvgIpc) is 3.03. The molecule has 2 aliphatic heterocycles. The first kappa shape index (κ1) is 19.6. The Labute approximate surface area is 174 Å². The number of ketones is 1. The highest BCUT2D eigenvalue weighted by atomic mass is 16.7. The molecule has 158 valence electrons. The van der Waals surface area contributed by atoms with Crippen LogP contribution >= 0.6 is 0 Å². The molecule has 2 saturated heterocycles. The van der Waals surface area contributed by atoms with Crippen molar-refractivity contribution in [2.24, 2.45) is 23.2 Å². The van der Waals surface area contributed by atoms with Gasteiger partial charge in [0, 0.05) is 18.8 Å². The zero-order valence-corrected chi connectivity index (χ0v) is 18.8. The molecular formula is C25H34O4. The maximum absolute atomic E-state index is 13.7. The molecule has 0 N–H and O–H groups in total. The summed E-state index contributed by atoms with van der Waals surface area (Å²) in [7, 11) is 1.69. The first-order valence-electron chi connectivity index (χ1n) is 11.1. The number of Topliss-reactive ketones (excluding diaryl/α,β-unsaturated/α-hetero) is 1. The maximum Gasteiger partial charge on any atom is 0.173 e. The van der Waals surface area contributed by atoms with Crippen LogP contribution in [-0.4, -0.2) is 24.3 Å². The Morgan fingerprint density at radius 2 is 1.86 bits per heavy atom. The van der Waals surface area contributed by atoms with Crippen LogP contribution in [0.25, 0.3) is 0 Å². The van der Waals surface area contributed by atoms with Crippen molar-refractivity contribution in [1.82, 2.24) is 0 Å². The molecule has 1 spiro atoms. The molecule has 4 nitrogen and oxygen atoms in total. The number of hydrogen-bond acceptors (Lipinski definition) is 4. The average molecular weight is 399 g/mol. The van der Waals surface area contributed by atoms with Crippen LogP contribution in [0.3, 0.4) is 0 Å². The fourth-order valence-electron chi connectivity index (χ4n) is 7.22. The minimum absolute atomic E-state index is 0.192. The molecule has 2 aliphatic carbocycles. The molecule has 4 heteroatoms. The fraction of sp³-hybridized carbons (Fsp3) is 0.720. The minimum atomic E-state index is -0.619. The Bertz CT molecular complexity index is 904. The lowest BCUT2D eigenvalue weighted by atomic mass is 9.54. The van der Waals surface area contributed by atoms with Gasteiger partial charge in [-0.05, 0) is 75.1 Å². The lowest BCUT2D eigenvalue weighted by molar-refractivity contribution is -0.366. The molecule has 2 heterocycles. The van der Waals surface area contributed by atoms with E-state index in [4.69, 9.17) is 14.2 Å². The van der Waals surface area contributed by atoms with Gasteiger partial charge in [-0.25, -0.2) is 0 Å². The van der Waals surface area contributed by atoms with Crippen molar-refractivity contribution in [2.75, 3.05) is 7.11 Å². The van der Waals surface area contributed by atoms with Crippen molar-refractivity contribution in [3.63, 3.8) is 0 Å². The topological polar surface area (TPSA) is 44.8 Å². The molecule has 29 heavy (non-hydrogen) atoms. The largest absolute Gasteiger partial charge is 0.496 e. The van der Waals surface area contributed by atoms with Crippen molar-refractivity contribution in [3.8, 4) is 5.75 Å². The highest BCUT2D eigenvalue weighted by Gasteiger charge is 2.75. The molecule has 4 aliphatic rings. The number of methoxy groups -OCH3 is 1. The Kier molecular flexibility index (Phi) is 3.81. The van der Waals surface area contributed by atoms with Crippen LogP contribution in [0.4, 0.5) is 0 Å². The molecule has 1 aromatic rings. The van der Waals surface area contributed by atoms with Gasteiger partial charge in [-0.1, -0.05) is 19.9 Å². The predicted octanol–water partition coefficient (Wildman–Crippen LogP) is 4.94. The number of ether oxygens (including phenoxy) is 3. The first-order valence-corrected chi connectivity index (χ1v) is 11.1. The summed E-state index contributed by atoms with van der Waals surface area (Å²) in [6.45, 7) is 13.1. The van der Waals surface area contributed by atoms with Gasteiger partial charge < -0.3 is 14.2 Å². The number of carbonyl (C=O) groups is 1. The van der Waals surface area contributed by atoms with E-state index in [-0.39, 0.29) is 17.4 Å². The molecule has 3 fully saturated rings. The summed E-state index contributed by atoms with van der Waals surface area (Å²) in [5.74, 6) is 1.42. The van der Waals surface area contributed by atoms with E-state index < -0.39 is 16.8 Å². The van der Waals surface area contributed by atoms with Gasteiger partial charge in [0.25, 0.3) is 0 Å². The monoisotopic (exact) mass is 398 g/mol. The van der Waals surface area contributed by atoms with E-state index in [2.05, 4.69) is 47.6 Å². The number of carbonyl (C=O) groups excluding carboxylic acids is 1. The molecule has 5 rings (SSSR count). The first-order chi connectivity index (χ1) is 13.5. The molecule has 2 unspecified atom stereocenters. The summed E-state index contributed by atoms with van der Waals surface area (Å²) in [5, 5.41) is 0. The third-order valence-corrected chi connectivity index (χ3v) is 9.37. The van der Waals surface area contributed by atoms with E-state index in [1.54, 1.807) is 7.11 Å². The quantitative estimate of drug-likeness (QED) is 0.672. The highest BCUT2D eigenvalue weighted by Crippen LogP contribution is 2.71. The van der Waals surface area contributed by atoms with Gasteiger partial charge in [-0.2, -0.15) is 0 Å². The van der Waals surface area contributed by atoms with E-state index >= 15 is 0 Å². The molecular weight excluding hydrogens is 364 g/mol. The normalized spacial score (nSPS) is 44.7. The minimum Gasteiger partial charge on any atom is -0.496 e. The van der Waals surface area contributed by atoms with Crippen LogP contribution in [-0.2, 0) is 26.3 Å². The highest BCUT2D eigenvalue weighted by molar-refractivity contribution is 5.92. The second-order valence-electron chi connectivity index (χ2n) is 10.7. The summed E-state index contributed by atoms with van der Waals surface area (Å²) in [6, 6.07) is 4.20. The number of hydrogen-bond donors (Lipinski definition) is 0. The van der Waals surface area contributed by atoms with E-state index in [1.165, 1.54) is 5.56 Å². The Hall–Kier alpha value is -1.39. The predicted molar refractivity (Wildman–Crippen MR) is 111 cm³/mol. The molecule has 0 aromatic heterocycles. The van der Waals surface area contributed by atoms with Gasteiger partial charge in [0.15, 0.2) is 5.79 Å². The van der Waals surface area contributed by atoms with Gasteiger partial charge >= 0.3 is 0 Å². The molecule has 1 saturated carbocycles. The van der Waals surface area contributed by atoms with E-state index in [0.717, 1.165) is 36.1 Å². The SMILES string of the molecule is COc1ccc2c(c1C)CC(=O)[C@]1(C)[C@@H]3CC[C@]21OC1(C[C@H](C)C(C)(C)O1)C3C. The summed E-state index contributed by atoms with van der Waals surface area (Å²) in [5.41, 5.74) is 2.03. The standard InChI is InChI=1S/C25H34O4/c1-14-13-25(28-22(14,4)5)16(3)18-10-11-24(29-25)19-8-9-20(27-7)15(2)17(19)12-21(26)23(18,24)6/h8-9,14,16,18H,10-13H2,1-7H3/t14-,16?,18+,23-,24-,25?/m0/s1. The third-order valence-electron chi connectivity index (χ3n) is 9.37. The third kappa shape index (κ3) is 2.10. The Balaban J connectivity index is 1.73. The Morgan fingerprint density at radius 1 is 1.14 bits per heavy atom. The van der Waals surface area contributed by atoms with Gasteiger partial charge in [0.05, 0.1) is 18.1 Å². The van der Waals surface area contributed by atoms with Crippen LogP contribution < -0.4 is 4.74 Å². The molecule has 6 atom stereocenters. The van der Waals surface area contributed by atoms with E-state index in [9.17, 15) is 4.79 Å². The Morgan fingerprint density at radius 3 is 2.48 bits per heavy atom. The fourth-order valence-corrected chi connectivity index (χ4v) is 7.22. The lowest BCUT2D eigenvalue weighted by Crippen LogP contribution is -2.65. The molecule has 0 amide bonds. The van der Waals surface area contributed by atoms with Crippen molar-refractivity contribution in [1.29, 1.82) is 0 Å². The van der Waals surface area contributed by atoms with Crippen LogP contribution in [0.2, 0.25) is 0 Å². The van der Waals surface area contributed by atoms with E-state index in [0.29, 0.717) is 18.1 Å². The summed E-state index contributed by atoms with van der Waals surface area (Å²) < 4.78 is 19.5. The van der Waals surface area contributed by atoms with Gasteiger partial charge in [0.2, 0.25) is 0 Å². The summed E-state index contributed by atoms with van der Waals surface area (Å²) in [4.78, 5) is 13.7. The van der Waals surface area contributed by atoms with Gasteiger partial charge in [-0.15, -0.1) is 0 Å². The summed E-state index contributed by atoms with van der Waals surface area (Å²) >= 11 is 0. The van der Waals surface area contributed by atoms with Gasteiger partial charge in [0.1, 0.15) is 17.1 Å². The van der Waals surface area contributed by atoms with Crippen LogP contribution in [0.1, 0.15) is 70.6 Å². The number of rotatable bonds is 1. The second-order valence-corrected chi connectivity index (χ2v) is 10.7. The van der Waals surface area contributed by atoms with Gasteiger partial charge in [-0.3, -0.25) is 4.79 Å². The smallest absolute Gasteiger partial charge is 0.173 e. The zero-order chi connectivity index (χ0) is 21.0. The zero-order valence-electron chi connectivity index (χ0n) is 18.8. The van der Waals surface area contributed by atoms with E-state index in [1.807, 2.05) is 6.07 Å². The van der Waals surface area contributed by atoms with Crippen molar-refractivity contribution < 1.29 is 19.0 Å². The maximum atomic E-state index is 13.7. The number of fused-ring (bicyclic) bond motifs is 1. The second kappa shape index (κ2) is 5.64. The number of benzene rings is 1. The van der Waals surface area contributed by atoms with Crippen molar-refractivity contribution in [2.45, 2.75) is 84.2 Å². The molecule has 2 bridgehead atoms. The van der Waals surface area contributed by atoms with Crippen molar-refractivity contribution in [3.05, 3.63) is 28.8 Å². The van der Waals surface area contributed by atoms with Crippen LogP contribution in [0.5, 0.6) is 5.75 Å². The van der Waals surface area contributed by atoms with Crippen LogP contribution in [0, 0.1) is 30.1 Å².